The Hall–Kier alpha value is -3.55. The van der Waals surface area contributed by atoms with E-state index in [4.69, 9.17) is 4.74 Å². The maximum Gasteiger partial charge on any atom is 0.328 e. The normalized spacial score (nSPS) is 20.7. The standard InChI is InChI=1S/C27H32N4O4/c1-35-22-6-4-5-21(17-22)29-13-15-30(16-14-29)25(32)20-11-9-19(10-12-20)18-31-26(33)23-7-2-3-8-24(23)28-27(31)34/h2-8,17,19-20H,9-16,18H2,1H3,(H,28,34). The van der Waals surface area contributed by atoms with Crippen LogP contribution >= 0.6 is 0 Å². The number of piperazine rings is 1. The van der Waals surface area contributed by atoms with Crippen LogP contribution in [0.2, 0.25) is 0 Å². The molecule has 0 radical (unpaired) electrons. The van der Waals surface area contributed by atoms with Gasteiger partial charge in [0, 0.05) is 50.4 Å². The molecule has 2 fully saturated rings. The summed E-state index contributed by atoms with van der Waals surface area (Å²) in [5.41, 5.74) is 1.09. The summed E-state index contributed by atoms with van der Waals surface area (Å²) in [4.78, 5) is 45.6. The molecule has 35 heavy (non-hydrogen) atoms. The monoisotopic (exact) mass is 476 g/mol. The van der Waals surface area contributed by atoms with Crippen LogP contribution in [0.3, 0.4) is 0 Å². The van der Waals surface area contributed by atoms with E-state index in [2.05, 4.69) is 16.0 Å². The van der Waals surface area contributed by atoms with Gasteiger partial charge < -0.3 is 19.5 Å². The molecule has 1 N–H and O–H groups in total. The minimum Gasteiger partial charge on any atom is -0.497 e. The Morgan fingerprint density at radius 2 is 1.71 bits per heavy atom. The fourth-order valence-corrected chi connectivity index (χ4v) is 5.47. The predicted octanol–water partition coefficient (Wildman–Crippen LogP) is 2.85. The summed E-state index contributed by atoms with van der Waals surface area (Å²) >= 11 is 0. The molecule has 184 valence electrons. The number of benzene rings is 2. The minimum atomic E-state index is -0.360. The number of H-pyrrole nitrogens is 1. The van der Waals surface area contributed by atoms with Crippen molar-refractivity contribution in [3.8, 4) is 5.75 Å². The molecule has 3 aromatic rings. The second kappa shape index (κ2) is 9.98. The van der Waals surface area contributed by atoms with Gasteiger partial charge >= 0.3 is 5.69 Å². The number of nitrogens with one attached hydrogen (secondary N) is 1. The van der Waals surface area contributed by atoms with Crippen molar-refractivity contribution in [1.29, 1.82) is 0 Å². The van der Waals surface area contributed by atoms with Crippen molar-refractivity contribution in [3.05, 3.63) is 69.4 Å². The van der Waals surface area contributed by atoms with Crippen LogP contribution < -0.4 is 20.9 Å². The maximum absolute atomic E-state index is 13.2. The zero-order valence-corrected chi connectivity index (χ0v) is 20.1. The molecule has 1 saturated heterocycles. The van der Waals surface area contributed by atoms with E-state index in [1.165, 1.54) is 4.57 Å². The van der Waals surface area contributed by atoms with E-state index in [0.29, 0.717) is 17.4 Å². The van der Waals surface area contributed by atoms with Crippen LogP contribution in [0, 0.1) is 11.8 Å². The first kappa shape index (κ1) is 23.2. The first-order chi connectivity index (χ1) is 17.0. The topological polar surface area (TPSA) is 87.6 Å². The zero-order valence-electron chi connectivity index (χ0n) is 20.1. The van der Waals surface area contributed by atoms with Crippen LogP contribution in [0.5, 0.6) is 5.75 Å². The van der Waals surface area contributed by atoms with E-state index in [0.717, 1.165) is 63.3 Å². The molecule has 2 aliphatic rings. The number of nitrogens with zero attached hydrogens (tertiary/aromatic N) is 3. The third-order valence-electron chi connectivity index (χ3n) is 7.54. The molecule has 1 aromatic heterocycles. The van der Waals surface area contributed by atoms with Gasteiger partial charge in [0.2, 0.25) is 5.91 Å². The molecule has 1 amide bonds. The molecule has 0 atom stereocenters. The Morgan fingerprint density at radius 3 is 2.46 bits per heavy atom. The quantitative estimate of drug-likeness (QED) is 0.612. The van der Waals surface area contributed by atoms with Gasteiger partial charge in [-0.1, -0.05) is 18.2 Å². The number of para-hydroxylation sites is 1. The number of aromatic nitrogens is 2. The van der Waals surface area contributed by atoms with E-state index < -0.39 is 0 Å². The van der Waals surface area contributed by atoms with Gasteiger partial charge in [0.15, 0.2) is 0 Å². The number of carbonyl (C=O) groups excluding carboxylic acids is 1. The van der Waals surface area contributed by atoms with Gasteiger partial charge in [0.25, 0.3) is 5.56 Å². The summed E-state index contributed by atoms with van der Waals surface area (Å²) in [6, 6.07) is 15.1. The third-order valence-corrected chi connectivity index (χ3v) is 7.54. The van der Waals surface area contributed by atoms with Crippen molar-refractivity contribution in [2.75, 3.05) is 38.2 Å². The predicted molar refractivity (Wildman–Crippen MR) is 136 cm³/mol. The van der Waals surface area contributed by atoms with Crippen molar-refractivity contribution in [2.24, 2.45) is 11.8 Å². The SMILES string of the molecule is COc1cccc(N2CCN(C(=O)C3CCC(Cn4c(=O)[nH]c5ccccc5c4=O)CC3)CC2)c1. The van der Waals surface area contributed by atoms with Crippen molar-refractivity contribution in [1.82, 2.24) is 14.5 Å². The van der Waals surface area contributed by atoms with E-state index in [-0.39, 0.29) is 29.0 Å². The number of anilines is 1. The van der Waals surface area contributed by atoms with Crippen molar-refractivity contribution in [3.63, 3.8) is 0 Å². The second-order valence-corrected chi connectivity index (χ2v) is 9.62. The highest BCUT2D eigenvalue weighted by molar-refractivity contribution is 5.79. The number of methoxy groups -OCH3 is 1. The Kier molecular flexibility index (Phi) is 6.61. The third kappa shape index (κ3) is 4.83. The molecule has 1 aliphatic heterocycles. The number of hydrogen-bond acceptors (Lipinski definition) is 5. The molecule has 0 spiro atoms. The molecular formula is C27H32N4O4. The van der Waals surface area contributed by atoms with E-state index in [1.807, 2.05) is 23.1 Å². The number of fused-ring (bicyclic) bond motifs is 1. The number of rotatable bonds is 5. The van der Waals surface area contributed by atoms with Crippen LogP contribution in [0.25, 0.3) is 10.9 Å². The highest BCUT2D eigenvalue weighted by Crippen LogP contribution is 2.31. The Bertz CT molecular complexity index is 1310. The number of ether oxygens (including phenoxy) is 1. The fraction of sp³-hybridized carbons (Fsp3) is 0.444. The number of carbonyl (C=O) groups is 1. The minimum absolute atomic E-state index is 0.0289. The van der Waals surface area contributed by atoms with Crippen LogP contribution in [-0.2, 0) is 11.3 Å². The van der Waals surface area contributed by atoms with Crippen LogP contribution in [0.4, 0.5) is 5.69 Å². The Balaban J connectivity index is 1.15. The molecule has 2 aromatic carbocycles. The largest absolute Gasteiger partial charge is 0.497 e. The van der Waals surface area contributed by atoms with E-state index in [9.17, 15) is 14.4 Å². The van der Waals surface area contributed by atoms with Gasteiger partial charge in [-0.15, -0.1) is 0 Å². The van der Waals surface area contributed by atoms with Crippen LogP contribution in [0.1, 0.15) is 25.7 Å². The van der Waals surface area contributed by atoms with Crippen LogP contribution in [0.15, 0.2) is 58.1 Å². The number of hydrogen-bond donors (Lipinski definition) is 1. The number of aromatic amines is 1. The van der Waals surface area contributed by atoms with Gasteiger partial charge in [-0.2, -0.15) is 0 Å². The molecular weight excluding hydrogens is 444 g/mol. The highest BCUT2D eigenvalue weighted by Gasteiger charge is 2.31. The van der Waals surface area contributed by atoms with Crippen molar-refractivity contribution in [2.45, 2.75) is 32.2 Å². The lowest BCUT2D eigenvalue weighted by Crippen LogP contribution is -2.50. The summed E-state index contributed by atoms with van der Waals surface area (Å²) < 4.78 is 6.66. The molecule has 5 rings (SSSR count). The highest BCUT2D eigenvalue weighted by atomic mass is 16.5. The molecule has 8 nitrogen and oxygen atoms in total. The summed E-state index contributed by atoms with van der Waals surface area (Å²) in [7, 11) is 1.67. The molecule has 1 saturated carbocycles. The van der Waals surface area contributed by atoms with Gasteiger partial charge in [-0.05, 0) is 55.9 Å². The summed E-state index contributed by atoms with van der Waals surface area (Å²) in [6.45, 7) is 3.46. The molecule has 8 heteroatoms. The van der Waals surface area contributed by atoms with Gasteiger partial charge in [0.1, 0.15) is 5.75 Å². The first-order valence-electron chi connectivity index (χ1n) is 12.4. The average molecular weight is 477 g/mol. The molecule has 1 aliphatic carbocycles. The number of amides is 1. The van der Waals surface area contributed by atoms with Crippen molar-refractivity contribution >= 4 is 22.5 Å². The molecule has 2 heterocycles. The first-order valence-corrected chi connectivity index (χ1v) is 12.4. The lowest BCUT2D eigenvalue weighted by molar-refractivity contribution is -0.137. The van der Waals surface area contributed by atoms with E-state index in [1.54, 1.807) is 31.4 Å². The Labute approximate surface area is 204 Å². The smallest absolute Gasteiger partial charge is 0.328 e. The lowest BCUT2D eigenvalue weighted by atomic mass is 9.81. The zero-order chi connectivity index (χ0) is 24.4. The van der Waals surface area contributed by atoms with Crippen molar-refractivity contribution < 1.29 is 9.53 Å². The molecule has 0 bridgehead atoms. The maximum atomic E-state index is 13.2. The summed E-state index contributed by atoms with van der Waals surface area (Å²) in [6.07, 6.45) is 3.30. The van der Waals surface area contributed by atoms with Crippen LogP contribution in [-0.4, -0.2) is 53.6 Å². The van der Waals surface area contributed by atoms with E-state index >= 15 is 0 Å². The van der Waals surface area contributed by atoms with Gasteiger partial charge in [0.05, 0.1) is 18.0 Å². The second-order valence-electron chi connectivity index (χ2n) is 9.62. The van der Waals surface area contributed by atoms with Gasteiger partial charge in [-0.3, -0.25) is 14.2 Å². The lowest BCUT2D eigenvalue weighted by Gasteiger charge is -2.39. The average Bonchev–Trinajstić information content (AvgIpc) is 2.91. The summed E-state index contributed by atoms with van der Waals surface area (Å²) in [5.74, 6) is 1.34. The fourth-order valence-electron chi connectivity index (χ4n) is 5.47. The van der Waals surface area contributed by atoms with Gasteiger partial charge in [-0.25, -0.2) is 4.79 Å². The Morgan fingerprint density at radius 1 is 0.971 bits per heavy atom. The molecule has 0 unspecified atom stereocenters. The summed E-state index contributed by atoms with van der Waals surface area (Å²) in [5, 5.41) is 0.532.